The number of hydrogen-bond donors (Lipinski definition) is 1. The summed E-state index contributed by atoms with van der Waals surface area (Å²) in [5.74, 6) is -0.815. The average Bonchev–Trinajstić information content (AvgIpc) is 2.48. The van der Waals surface area contributed by atoms with Crippen molar-refractivity contribution in [2.24, 2.45) is 0 Å². The number of rotatable bonds is 3. The quantitative estimate of drug-likeness (QED) is 0.695. The van der Waals surface area contributed by atoms with Gasteiger partial charge < -0.3 is 15.4 Å². The normalized spacial score (nSPS) is 10.3. The van der Waals surface area contributed by atoms with E-state index in [2.05, 4.69) is 0 Å². The standard InChI is InChI=1S/C16H17FN2O2/c1-10-7-13(9-14(15(10)18)16(20)21-3)19(2)12-6-4-5-11(17)8-12/h4-9H,18H2,1-3H3. The zero-order valence-electron chi connectivity index (χ0n) is 12.2. The molecule has 4 nitrogen and oxygen atoms in total. The summed E-state index contributed by atoms with van der Waals surface area (Å²) in [6.07, 6.45) is 0. The molecule has 0 aliphatic heterocycles. The molecule has 2 aromatic rings. The smallest absolute Gasteiger partial charge is 0.340 e. The number of nitrogens with two attached hydrogens (primary N) is 1. The molecule has 0 bridgehead atoms. The highest BCUT2D eigenvalue weighted by Gasteiger charge is 2.15. The first-order valence-corrected chi connectivity index (χ1v) is 6.41. The van der Waals surface area contributed by atoms with E-state index in [1.54, 1.807) is 30.1 Å². The molecule has 0 aliphatic rings. The van der Waals surface area contributed by atoms with Gasteiger partial charge in [0.25, 0.3) is 0 Å². The van der Waals surface area contributed by atoms with Crippen molar-refractivity contribution in [1.29, 1.82) is 0 Å². The molecule has 0 aliphatic carbocycles. The van der Waals surface area contributed by atoms with Gasteiger partial charge in [0.1, 0.15) is 5.82 Å². The maximum atomic E-state index is 13.3. The number of methoxy groups -OCH3 is 1. The van der Waals surface area contributed by atoms with Crippen molar-refractivity contribution >= 4 is 23.0 Å². The van der Waals surface area contributed by atoms with Gasteiger partial charge >= 0.3 is 5.97 Å². The van der Waals surface area contributed by atoms with E-state index < -0.39 is 5.97 Å². The van der Waals surface area contributed by atoms with E-state index in [0.717, 1.165) is 11.3 Å². The summed E-state index contributed by atoms with van der Waals surface area (Å²) in [6.45, 7) is 1.81. The Morgan fingerprint density at radius 2 is 1.95 bits per heavy atom. The highest BCUT2D eigenvalue weighted by atomic mass is 19.1. The van der Waals surface area contributed by atoms with Gasteiger partial charge in [-0.05, 0) is 42.8 Å². The minimum Gasteiger partial charge on any atom is -0.465 e. The van der Waals surface area contributed by atoms with Crippen LogP contribution in [0.5, 0.6) is 0 Å². The van der Waals surface area contributed by atoms with Crippen LogP contribution in [0.15, 0.2) is 36.4 Å². The molecule has 0 heterocycles. The maximum Gasteiger partial charge on any atom is 0.340 e. The fraction of sp³-hybridized carbons (Fsp3) is 0.188. The van der Waals surface area contributed by atoms with Crippen molar-refractivity contribution in [2.75, 3.05) is 24.8 Å². The summed E-state index contributed by atoms with van der Waals surface area (Å²) in [5, 5.41) is 0. The SMILES string of the molecule is COC(=O)c1cc(N(C)c2cccc(F)c2)cc(C)c1N. The molecule has 0 spiro atoms. The Morgan fingerprint density at radius 1 is 1.24 bits per heavy atom. The summed E-state index contributed by atoms with van der Waals surface area (Å²) in [5.41, 5.74) is 8.77. The molecule has 0 aromatic heterocycles. The molecule has 0 saturated carbocycles. The van der Waals surface area contributed by atoms with Crippen molar-refractivity contribution in [3.05, 3.63) is 53.3 Å². The molecule has 2 N–H and O–H groups in total. The van der Waals surface area contributed by atoms with Gasteiger partial charge in [-0.15, -0.1) is 0 Å². The van der Waals surface area contributed by atoms with Crippen molar-refractivity contribution in [1.82, 2.24) is 0 Å². The van der Waals surface area contributed by atoms with E-state index in [4.69, 9.17) is 10.5 Å². The number of nitrogens with zero attached hydrogens (tertiary/aromatic N) is 1. The molecule has 0 radical (unpaired) electrons. The summed E-state index contributed by atoms with van der Waals surface area (Å²) in [6, 6.07) is 9.69. The van der Waals surface area contributed by atoms with Gasteiger partial charge in [-0.1, -0.05) is 6.07 Å². The Labute approximate surface area is 122 Å². The van der Waals surface area contributed by atoms with Crippen LogP contribution in [-0.4, -0.2) is 20.1 Å². The molecule has 2 aromatic carbocycles. The van der Waals surface area contributed by atoms with E-state index >= 15 is 0 Å². The van der Waals surface area contributed by atoms with Crippen LogP contribution in [-0.2, 0) is 4.74 Å². The largest absolute Gasteiger partial charge is 0.465 e. The number of benzene rings is 2. The number of hydrogen-bond acceptors (Lipinski definition) is 4. The lowest BCUT2D eigenvalue weighted by molar-refractivity contribution is 0.0602. The van der Waals surface area contributed by atoms with Crippen LogP contribution in [0.25, 0.3) is 0 Å². The molecule has 110 valence electrons. The van der Waals surface area contributed by atoms with Gasteiger partial charge in [0.15, 0.2) is 0 Å². The lowest BCUT2D eigenvalue weighted by Crippen LogP contribution is -2.13. The highest BCUT2D eigenvalue weighted by molar-refractivity contribution is 5.97. The number of anilines is 3. The monoisotopic (exact) mass is 288 g/mol. The van der Waals surface area contributed by atoms with Gasteiger partial charge in [-0.2, -0.15) is 0 Å². The van der Waals surface area contributed by atoms with Crippen LogP contribution < -0.4 is 10.6 Å². The number of ether oxygens (including phenoxy) is 1. The fourth-order valence-electron chi connectivity index (χ4n) is 2.09. The molecule has 0 saturated heterocycles. The second-order valence-corrected chi connectivity index (χ2v) is 4.75. The lowest BCUT2D eigenvalue weighted by Gasteiger charge is -2.21. The van der Waals surface area contributed by atoms with Crippen LogP contribution in [0.3, 0.4) is 0 Å². The number of halogens is 1. The first-order chi connectivity index (χ1) is 9.93. The number of esters is 1. The minimum atomic E-state index is -0.495. The predicted molar refractivity (Wildman–Crippen MR) is 81.4 cm³/mol. The molecule has 0 atom stereocenters. The fourth-order valence-corrected chi connectivity index (χ4v) is 2.09. The van der Waals surface area contributed by atoms with Crippen LogP contribution >= 0.6 is 0 Å². The lowest BCUT2D eigenvalue weighted by atomic mass is 10.1. The summed E-state index contributed by atoms with van der Waals surface area (Å²) >= 11 is 0. The average molecular weight is 288 g/mol. The van der Waals surface area contributed by atoms with Crippen molar-refractivity contribution in [2.45, 2.75) is 6.92 Å². The molecule has 0 amide bonds. The first kappa shape index (κ1) is 14.8. The Hall–Kier alpha value is -2.56. The van der Waals surface area contributed by atoms with Crippen molar-refractivity contribution in [3.63, 3.8) is 0 Å². The van der Waals surface area contributed by atoms with E-state index in [1.165, 1.54) is 19.2 Å². The maximum absolute atomic E-state index is 13.3. The topological polar surface area (TPSA) is 55.6 Å². The van der Waals surface area contributed by atoms with Gasteiger partial charge in [-0.25, -0.2) is 9.18 Å². The van der Waals surface area contributed by atoms with E-state index in [9.17, 15) is 9.18 Å². The Morgan fingerprint density at radius 3 is 2.57 bits per heavy atom. The summed E-state index contributed by atoms with van der Waals surface area (Å²) in [7, 11) is 3.10. The number of carbonyl (C=O) groups excluding carboxylic acids is 1. The second kappa shape index (κ2) is 5.83. The minimum absolute atomic E-state index is 0.302. The zero-order valence-corrected chi connectivity index (χ0v) is 12.2. The number of nitrogen functional groups attached to an aromatic ring is 1. The van der Waals surface area contributed by atoms with E-state index in [0.29, 0.717) is 16.9 Å². The van der Waals surface area contributed by atoms with Crippen LogP contribution in [0.2, 0.25) is 0 Å². The molecule has 21 heavy (non-hydrogen) atoms. The Bertz CT molecular complexity index is 686. The van der Waals surface area contributed by atoms with Crippen molar-refractivity contribution < 1.29 is 13.9 Å². The Kier molecular flexibility index (Phi) is 4.12. The predicted octanol–water partition coefficient (Wildman–Crippen LogP) is 3.27. The van der Waals surface area contributed by atoms with Crippen LogP contribution in [0, 0.1) is 12.7 Å². The van der Waals surface area contributed by atoms with Crippen molar-refractivity contribution in [3.8, 4) is 0 Å². The van der Waals surface area contributed by atoms with Gasteiger partial charge in [0.2, 0.25) is 0 Å². The Balaban J connectivity index is 2.49. The third-order valence-corrected chi connectivity index (χ3v) is 3.36. The number of carbonyl (C=O) groups is 1. The van der Waals surface area contributed by atoms with Gasteiger partial charge in [-0.3, -0.25) is 0 Å². The third-order valence-electron chi connectivity index (χ3n) is 3.36. The number of aryl methyl sites for hydroxylation is 1. The third kappa shape index (κ3) is 2.97. The zero-order chi connectivity index (χ0) is 15.6. The summed E-state index contributed by atoms with van der Waals surface area (Å²) in [4.78, 5) is 13.6. The molecular weight excluding hydrogens is 271 g/mol. The van der Waals surface area contributed by atoms with Crippen LogP contribution in [0.4, 0.5) is 21.5 Å². The van der Waals surface area contributed by atoms with E-state index in [1.807, 2.05) is 13.0 Å². The molecule has 0 fully saturated rings. The van der Waals surface area contributed by atoms with E-state index in [-0.39, 0.29) is 5.82 Å². The highest BCUT2D eigenvalue weighted by Crippen LogP contribution is 2.30. The molecule has 2 rings (SSSR count). The van der Waals surface area contributed by atoms with Gasteiger partial charge in [0.05, 0.1) is 12.7 Å². The molecule has 0 unspecified atom stereocenters. The second-order valence-electron chi connectivity index (χ2n) is 4.75. The van der Waals surface area contributed by atoms with Gasteiger partial charge in [0, 0.05) is 24.1 Å². The summed E-state index contributed by atoms with van der Waals surface area (Å²) < 4.78 is 18.1. The van der Waals surface area contributed by atoms with Crippen LogP contribution in [0.1, 0.15) is 15.9 Å². The molecular formula is C16H17FN2O2. The molecule has 5 heteroatoms. The first-order valence-electron chi connectivity index (χ1n) is 6.41.